The van der Waals surface area contributed by atoms with Crippen molar-refractivity contribution in [3.63, 3.8) is 0 Å². The fourth-order valence-electron chi connectivity index (χ4n) is 1.51. The van der Waals surface area contributed by atoms with Crippen molar-refractivity contribution in [3.8, 4) is 0 Å². The Balaban J connectivity index is 3.16. The molecule has 3 heteroatoms. The van der Waals surface area contributed by atoms with Crippen LogP contribution < -0.4 is 0 Å². The van der Waals surface area contributed by atoms with Crippen molar-refractivity contribution in [1.82, 2.24) is 4.90 Å². The van der Waals surface area contributed by atoms with Gasteiger partial charge in [-0.1, -0.05) is 26.7 Å². The second-order valence-corrected chi connectivity index (χ2v) is 3.58. The van der Waals surface area contributed by atoms with Gasteiger partial charge in [0, 0.05) is 6.42 Å². The summed E-state index contributed by atoms with van der Waals surface area (Å²) in [7, 11) is 0. The molecule has 0 heterocycles. The summed E-state index contributed by atoms with van der Waals surface area (Å²) in [6.07, 6.45) is 4.55. The average Bonchev–Trinajstić information content (AvgIpc) is 2.16. The van der Waals surface area contributed by atoms with Crippen molar-refractivity contribution >= 4 is 5.97 Å². The molecule has 0 atom stereocenters. The molecule has 0 aromatic carbocycles. The van der Waals surface area contributed by atoms with Crippen LogP contribution >= 0.6 is 0 Å². The second kappa shape index (κ2) is 9.00. The minimum Gasteiger partial charge on any atom is -0.481 e. The highest BCUT2D eigenvalue weighted by Crippen LogP contribution is 2.04. The van der Waals surface area contributed by atoms with Crippen LogP contribution in [-0.2, 0) is 4.79 Å². The van der Waals surface area contributed by atoms with Crippen LogP contribution in [0.5, 0.6) is 0 Å². The molecular formula is C11H23NO2. The third-order valence-corrected chi connectivity index (χ3v) is 2.51. The Morgan fingerprint density at radius 3 is 2.14 bits per heavy atom. The molecule has 0 unspecified atom stereocenters. The summed E-state index contributed by atoms with van der Waals surface area (Å²) in [6, 6.07) is 0. The van der Waals surface area contributed by atoms with E-state index in [1.54, 1.807) is 0 Å². The molecule has 0 saturated carbocycles. The van der Waals surface area contributed by atoms with E-state index in [2.05, 4.69) is 18.7 Å². The third kappa shape index (κ3) is 8.05. The van der Waals surface area contributed by atoms with Crippen LogP contribution in [-0.4, -0.2) is 35.6 Å². The van der Waals surface area contributed by atoms with E-state index >= 15 is 0 Å². The van der Waals surface area contributed by atoms with Gasteiger partial charge in [-0.15, -0.1) is 0 Å². The SMILES string of the molecule is CCN(CC)CCCCCCC(=O)O. The summed E-state index contributed by atoms with van der Waals surface area (Å²) >= 11 is 0. The first-order valence-electron chi connectivity index (χ1n) is 5.64. The Morgan fingerprint density at radius 2 is 1.64 bits per heavy atom. The molecule has 0 bridgehead atoms. The molecule has 1 N–H and O–H groups in total. The van der Waals surface area contributed by atoms with Gasteiger partial charge < -0.3 is 10.0 Å². The number of carboxylic acids is 1. The number of rotatable bonds is 9. The van der Waals surface area contributed by atoms with Crippen LogP contribution in [0.3, 0.4) is 0 Å². The Morgan fingerprint density at radius 1 is 1.07 bits per heavy atom. The van der Waals surface area contributed by atoms with Gasteiger partial charge in [-0.3, -0.25) is 4.79 Å². The van der Waals surface area contributed by atoms with Crippen LogP contribution in [0.1, 0.15) is 46.0 Å². The van der Waals surface area contributed by atoms with Crippen LogP contribution in [0.25, 0.3) is 0 Å². The Hall–Kier alpha value is -0.570. The van der Waals surface area contributed by atoms with Gasteiger partial charge in [-0.25, -0.2) is 0 Å². The molecule has 3 nitrogen and oxygen atoms in total. The molecule has 84 valence electrons. The summed E-state index contributed by atoms with van der Waals surface area (Å²) in [4.78, 5) is 12.6. The normalized spacial score (nSPS) is 10.8. The van der Waals surface area contributed by atoms with Crippen molar-refractivity contribution < 1.29 is 9.90 Å². The van der Waals surface area contributed by atoms with Gasteiger partial charge >= 0.3 is 5.97 Å². The van der Waals surface area contributed by atoms with Gasteiger partial charge in [0.1, 0.15) is 0 Å². The zero-order chi connectivity index (χ0) is 10.8. The predicted molar refractivity (Wildman–Crippen MR) is 58.5 cm³/mol. The quantitative estimate of drug-likeness (QED) is 0.582. The van der Waals surface area contributed by atoms with Crippen molar-refractivity contribution in [2.75, 3.05) is 19.6 Å². The van der Waals surface area contributed by atoms with E-state index in [1.807, 2.05) is 0 Å². The maximum absolute atomic E-state index is 10.2. The minimum atomic E-state index is -0.672. The van der Waals surface area contributed by atoms with E-state index in [-0.39, 0.29) is 0 Å². The molecule has 0 aliphatic rings. The fourth-order valence-corrected chi connectivity index (χ4v) is 1.51. The van der Waals surface area contributed by atoms with E-state index in [0.29, 0.717) is 6.42 Å². The number of nitrogens with zero attached hydrogens (tertiary/aromatic N) is 1. The molecular weight excluding hydrogens is 178 g/mol. The standard InChI is InChI=1S/C11H23NO2/c1-3-12(4-2)10-8-6-5-7-9-11(13)14/h3-10H2,1-2H3,(H,13,14). The minimum absolute atomic E-state index is 0.325. The van der Waals surface area contributed by atoms with Gasteiger partial charge in [0.15, 0.2) is 0 Å². The topological polar surface area (TPSA) is 40.5 Å². The van der Waals surface area contributed by atoms with Crippen molar-refractivity contribution in [2.24, 2.45) is 0 Å². The van der Waals surface area contributed by atoms with E-state index in [1.165, 1.54) is 6.42 Å². The molecule has 0 aliphatic carbocycles. The van der Waals surface area contributed by atoms with Crippen LogP contribution in [0.2, 0.25) is 0 Å². The summed E-state index contributed by atoms with van der Waals surface area (Å²) in [5.74, 6) is -0.672. The lowest BCUT2D eigenvalue weighted by Crippen LogP contribution is -2.23. The first-order valence-corrected chi connectivity index (χ1v) is 5.64. The molecule has 0 amide bonds. The predicted octanol–water partition coefficient (Wildman–Crippen LogP) is 2.36. The second-order valence-electron chi connectivity index (χ2n) is 3.58. The van der Waals surface area contributed by atoms with E-state index in [0.717, 1.165) is 38.9 Å². The molecule has 0 aliphatic heterocycles. The number of hydrogen-bond donors (Lipinski definition) is 1. The van der Waals surface area contributed by atoms with E-state index in [4.69, 9.17) is 5.11 Å². The Kier molecular flexibility index (Phi) is 8.64. The highest BCUT2D eigenvalue weighted by atomic mass is 16.4. The third-order valence-electron chi connectivity index (χ3n) is 2.51. The summed E-state index contributed by atoms with van der Waals surface area (Å²) in [5.41, 5.74) is 0. The molecule has 0 spiro atoms. The average molecular weight is 201 g/mol. The molecule has 0 aromatic rings. The van der Waals surface area contributed by atoms with E-state index in [9.17, 15) is 4.79 Å². The van der Waals surface area contributed by atoms with Gasteiger partial charge in [0.25, 0.3) is 0 Å². The number of carboxylic acid groups (broad SMARTS) is 1. The monoisotopic (exact) mass is 201 g/mol. The fraction of sp³-hybridized carbons (Fsp3) is 0.909. The number of carbonyl (C=O) groups is 1. The van der Waals surface area contributed by atoms with Crippen LogP contribution in [0.15, 0.2) is 0 Å². The highest BCUT2D eigenvalue weighted by Gasteiger charge is 1.99. The van der Waals surface area contributed by atoms with Crippen LogP contribution in [0, 0.1) is 0 Å². The number of aliphatic carboxylic acids is 1. The molecule has 0 rings (SSSR count). The molecule has 0 saturated heterocycles. The number of unbranched alkanes of at least 4 members (excludes halogenated alkanes) is 3. The lowest BCUT2D eigenvalue weighted by Gasteiger charge is -2.17. The maximum atomic E-state index is 10.2. The lowest BCUT2D eigenvalue weighted by atomic mass is 10.1. The summed E-state index contributed by atoms with van der Waals surface area (Å²) < 4.78 is 0. The first kappa shape index (κ1) is 13.4. The summed E-state index contributed by atoms with van der Waals surface area (Å²) in [6.45, 7) is 7.74. The molecule has 0 radical (unpaired) electrons. The largest absolute Gasteiger partial charge is 0.481 e. The maximum Gasteiger partial charge on any atom is 0.303 e. The van der Waals surface area contributed by atoms with Gasteiger partial charge in [-0.2, -0.15) is 0 Å². The molecule has 0 aromatic heterocycles. The zero-order valence-corrected chi connectivity index (χ0v) is 9.46. The first-order chi connectivity index (χ1) is 6.70. The molecule has 14 heavy (non-hydrogen) atoms. The van der Waals surface area contributed by atoms with E-state index < -0.39 is 5.97 Å². The Labute approximate surface area is 87.1 Å². The van der Waals surface area contributed by atoms with Crippen LogP contribution in [0.4, 0.5) is 0 Å². The lowest BCUT2D eigenvalue weighted by molar-refractivity contribution is -0.137. The van der Waals surface area contributed by atoms with Gasteiger partial charge in [-0.05, 0) is 32.5 Å². The number of hydrogen-bond acceptors (Lipinski definition) is 2. The Bertz CT molecular complexity index is 144. The van der Waals surface area contributed by atoms with Gasteiger partial charge in [0.05, 0.1) is 0 Å². The zero-order valence-electron chi connectivity index (χ0n) is 9.46. The van der Waals surface area contributed by atoms with Gasteiger partial charge in [0.2, 0.25) is 0 Å². The smallest absolute Gasteiger partial charge is 0.303 e. The van der Waals surface area contributed by atoms with Crippen molar-refractivity contribution in [1.29, 1.82) is 0 Å². The van der Waals surface area contributed by atoms with Crippen molar-refractivity contribution in [3.05, 3.63) is 0 Å². The summed E-state index contributed by atoms with van der Waals surface area (Å²) in [5, 5.41) is 8.43. The molecule has 0 fully saturated rings. The van der Waals surface area contributed by atoms with Crippen molar-refractivity contribution in [2.45, 2.75) is 46.0 Å². The highest BCUT2D eigenvalue weighted by molar-refractivity contribution is 5.66.